The minimum Gasteiger partial charge on any atom is -0.495 e. The lowest BCUT2D eigenvalue weighted by Crippen LogP contribution is -2.28. The number of halogens is 1. The number of hydrogen-bond donors (Lipinski definition) is 1. The third-order valence-corrected chi connectivity index (χ3v) is 4.24. The maximum atomic E-state index is 12.4. The van der Waals surface area contributed by atoms with Crippen LogP contribution >= 0.6 is 11.6 Å². The van der Waals surface area contributed by atoms with E-state index >= 15 is 0 Å². The van der Waals surface area contributed by atoms with Gasteiger partial charge < -0.3 is 15.0 Å². The van der Waals surface area contributed by atoms with Crippen molar-refractivity contribution in [2.24, 2.45) is 5.92 Å². The molecule has 3 rings (SSSR count). The second-order valence-electron chi connectivity index (χ2n) is 5.57. The van der Waals surface area contributed by atoms with Gasteiger partial charge in [0.05, 0.1) is 18.7 Å². The van der Waals surface area contributed by atoms with Crippen molar-refractivity contribution >= 4 is 34.8 Å². The summed E-state index contributed by atoms with van der Waals surface area (Å²) in [4.78, 5) is 26.4. The van der Waals surface area contributed by atoms with Gasteiger partial charge in [0.15, 0.2) is 0 Å². The topological polar surface area (TPSA) is 58.6 Å². The molecule has 1 aliphatic heterocycles. The molecule has 2 aromatic rings. The third-order valence-electron chi connectivity index (χ3n) is 3.98. The summed E-state index contributed by atoms with van der Waals surface area (Å²) in [6.45, 7) is 0.332. The van der Waals surface area contributed by atoms with Gasteiger partial charge >= 0.3 is 0 Å². The fraction of sp³-hybridized carbons (Fsp3) is 0.222. The van der Waals surface area contributed by atoms with E-state index in [1.54, 1.807) is 42.3 Å². The summed E-state index contributed by atoms with van der Waals surface area (Å²) in [6.07, 6.45) is 0.178. The molecule has 1 N–H and O–H groups in total. The molecule has 1 atom stereocenters. The number of benzene rings is 2. The highest BCUT2D eigenvalue weighted by Crippen LogP contribution is 2.33. The Morgan fingerprint density at radius 1 is 1.21 bits per heavy atom. The predicted octanol–water partition coefficient (Wildman–Crippen LogP) is 3.34. The first-order valence-corrected chi connectivity index (χ1v) is 7.96. The second-order valence-corrected chi connectivity index (χ2v) is 6.01. The Morgan fingerprint density at radius 3 is 2.62 bits per heavy atom. The van der Waals surface area contributed by atoms with Crippen LogP contribution in [0.25, 0.3) is 0 Å². The molecule has 0 bridgehead atoms. The van der Waals surface area contributed by atoms with E-state index in [4.69, 9.17) is 16.3 Å². The summed E-state index contributed by atoms with van der Waals surface area (Å²) in [5, 5.41) is 3.43. The summed E-state index contributed by atoms with van der Waals surface area (Å²) in [5.41, 5.74) is 1.35. The minimum atomic E-state index is -0.405. The van der Waals surface area contributed by atoms with Crippen molar-refractivity contribution in [2.45, 2.75) is 6.42 Å². The Labute approximate surface area is 145 Å². The van der Waals surface area contributed by atoms with Crippen LogP contribution in [0, 0.1) is 5.92 Å². The van der Waals surface area contributed by atoms with Crippen LogP contribution in [0.15, 0.2) is 48.5 Å². The number of methoxy groups -OCH3 is 1. The highest BCUT2D eigenvalue weighted by molar-refractivity contribution is 6.30. The highest BCUT2D eigenvalue weighted by Gasteiger charge is 2.36. The first-order valence-electron chi connectivity index (χ1n) is 7.58. The molecule has 6 heteroatoms. The molecule has 2 amide bonds. The van der Waals surface area contributed by atoms with Crippen molar-refractivity contribution < 1.29 is 14.3 Å². The third kappa shape index (κ3) is 3.36. The van der Waals surface area contributed by atoms with Crippen molar-refractivity contribution in [3.05, 3.63) is 53.6 Å². The van der Waals surface area contributed by atoms with Crippen molar-refractivity contribution in [1.29, 1.82) is 0 Å². The van der Waals surface area contributed by atoms with Gasteiger partial charge in [-0.2, -0.15) is 0 Å². The fourth-order valence-electron chi connectivity index (χ4n) is 2.75. The summed E-state index contributed by atoms with van der Waals surface area (Å²) in [5.74, 6) is -0.0541. The maximum absolute atomic E-state index is 12.4. The second kappa shape index (κ2) is 6.93. The number of carbonyl (C=O) groups is 2. The van der Waals surface area contributed by atoms with Crippen molar-refractivity contribution in [3.8, 4) is 5.75 Å². The van der Waals surface area contributed by atoms with Gasteiger partial charge in [-0.25, -0.2) is 0 Å². The number of nitrogens with one attached hydrogen (secondary N) is 1. The molecule has 24 heavy (non-hydrogen) atoms. The number of amides is 2. The lowest BCUT2D eigenvalue weighted by Gasteiger charge is -2.19. The Bertz CT molecular complexity index is 761. The molecule has 0 aromatic heterocycles. The van der Waals surface area contributed by atoms with E-state index in [1.807, 2.05) is 18.2 Å². The van der Waals surface area contributed by atoms with Crippen molar-refractivity contribution in [1.82, 2.24) is 0 Å². The zero-order valence-electron chi connectivity index (χ0n) is 13.2. The van der Waals surface area contributed by atoms with Crippen LogP contribution in [0.5, 0.6) is 5.75 Å². The molecule has 0 saturated carbocycles. The normalized spacial score (nSPS) is 17.0. The number of rotatable bonds is 4. The van der Waals surface area contributed by atoms with Crippen LogP contribution in [0.2, 0.25) is 5.02 Å². The van der Waals surface area contributed by atoms with Gasteiger partial charge in [0.1, 0.15) is 5.75 Å². The molecule has 5 nitrogen and oxygen atoms in total. The Kier molecular flexibility index (Phi) is 4.71. The van der Waals surface area contributed by atoms with Gasteiger partial charge in [0.25, 0.3) is 0 Å². The maximum Gasteiger partial charge on any atom is 0.229 e. The fourth-order valence-corrected chi connectivity index (χ4v) is 2.87. The molecule has 0 spiro atoms. The highest BCUT2D eigenvalue weighted by atomic mass is 35.5. The van der Waals surface area contributed by atoms with Gasteiger partial charge in [0, 0.05) is 23.7 Å². The van der Waals surface area contributed by atoms with E-state index < -0.39 is 5.92 Å². The molecular formula is C18H17ClN2O3. The SMILES string of the molecule is COc1ccccc1N1CC(C(=O)Nc2ccc(Cl)cc2)CC1=O. The predicted molar refractivity (Wildman–Crippen MR) is 93.5 cm³/mol. The monoisotopic (exact) mass is 344 g/mol. The minimum absolute atomic E-state index is 0.0873. The van der Waals surface area contributed by atoms with Crippen LogP contribution in [0.3, 0.4) is 0 Å². The largest absolute Gasteiger partial charge is 0.495 e. The van der Waals surface area contributed by atoms with Gasteiger partial charge in [-0.3, -0.25) is 9.59 Å². The first kappa shape index (κ1) is 16.3. The standard InChI is InChI=1S/C18H17ClN2O3/c1-24-16-5-3-2-4-15(16)21-11-12(10-17(21)22)18(23)20-14-8-6-13(19)7-9-14/h2-9,12H,10-11H2,1H3,(H,20,23). The number of para-hydroxylation sites is 2. The van der Waals surface area contributed by atoms with E-state index in [9.17, 15) is 9.59 Å². The summed E-state index contributed by atoms with van der Waals surface area (Å²) < 4.78 is 5.30. The Balaban J connectivity index is 1.72. The van der Waals surface area contributed by atoms with Gasteiger partial charge in [-0.15, -0.1) is 0 Å². The zero-order valence-corrected chi connectivity index (χ0v) is 13.9. The smallest absolute Gasteiger partial charge is 0.229 e. The van der Waals surface area contributed by atoms with E-state index in [-0.39, 0.29) is 18.2 Å². The van der Waals surface area contributed by atoms with E-state index in [1.165, 1.54) is 0 Å². The van der Waals surface area contributed by atoms with Gasteiger partial charge in [0.2, 0.25) is 11.8 Å². The van der Waals surface area contributed by atoms with E-state index in [0.29, 0.717) is 28.7 Å². The first-order chi connectivity index (χ1) is 11.6. The lowest BCUT2D eigenvalue weighted by atomic mass is 10.1. The molecule has 1 fully saturated rings. The van der Waals surface area contributed by atoms with Crippen molar-refractivity contribution in [3.63, 3.8) is 0 Å². The number of carbonyl (C=O) groups excluding carboxylic acids is 2. The van der Waals surface area contributed by atoms with Crippen LogP contribution in [-0.4, -0.2) is 25.5 Å². The summed E-state index contributed by atoms with van der Waals surface area (Å²) >= 11 is 5.83. The van der Waals surface area contributed by atoms with Crippen LogP contribution < -0.4 is 15.0 Å². The Hall–Kier alpha value is -2.53. The molecular weight excluding hydrogens is 328 g/mol. The molecule has 2 aromatic carbocycles. The number of nitrogens with zero attached hydrogens (tertiary/aromatic N) is 1. The molecule has 1 aliphatic rings. The Morgan fingerprint density at radius 2 is 1.92 bits per heavy atom. The summed E-state index contributed by atoms with van der Waals surface area (Å²) in [7, 11) is 1.56. The summed E-state index contributed by atoms with van der Waals surface area (Å²) in [6, 6.07) is 14.2. The molecule has 1 heterocycles. The molecule has 124 valence electrons. The average Bonchev–Trinajstić information content (AvgIpc) is 2.98. The van der Waals surface area contributed by atoms with Crippen molar-refractivity contribution in [2.75, 3.05) is 23.9 Å². The lowest BCUT2D eigenvalue weighted by molar-refractivity contribution is -0.122. The molecule has 1 saturated heterocycles. The van der Waals surface area contributed by atoms with Crippen LogP contribution in [-0.2, 0) is 9.59 Å². The zero-order chi connectivity index (χ0) is 17.1. The van der Waals surface area contributed by atoms with E-state index in [0.717, 1.165) is 0 Å². The van der Waals surface area contributed by atoms with E-state index in [2.05, 4.69) is 5.32 Å². The van der Waals surface area contributed by atoms with Crippen LogP contribution in [0.4, 0.5) is 11.4 Å². The van der Waals surface area contributed by atoms with Gasteiger partial charge in [-0.1, -0.05) is 23.7 Å². The number of ether oxygens (including phenoxy) is 1. The number of hydrogen-bond acceptors (Lipinski definition) is 3. The number of anilines is 2. The van der Waals surface area contributed by atoms with Gasteiger partial charge in [-0.05, 0) is 36.4 Å². The quantitative estimate of drug-likeness (QED) is 0.925. The average molecular weight is 345 g/mol. The molecule has 1 unspecified atom stereocenters. The van der Waals surface area contributed by atoms with Crippen LogP contribution in [0.1, 0.15) is 6.42 Å². The molecule has 0 aliphatic carbocycles. The molecule has 0 radical (unpaired) electrons.